The summed E-state index contributed by atoms with van der Waals surface area (Å²) in [7, 11) is 1.63. The first kappa shape index (κ1) is 27.6. The predicted molar refractivity (Wildman–Crippen MR) is 153 cm³/mol. The fourth-order valence-electron chi connectivity index (χ4n) is 5.56. The number of amides is 2. The average Bonchev–Trinajstić information content (AvgIpc) is 3.47. The van der Waals surface area contributed by atoms with Gasteiger partial charge in [-0.25, -0.2) is 0 Å². The zero-order valence-electron chi connectivity index (χ0n) is 23.1. The Morgan fingerprint density at radius 3 is 2.48 bits per heavy atom. The molecule has 40 heavy (non-hydrogen) atoms. The smallest absolute Gasteiger partial charge is 0.243 e. The number of carbonyl (C=O) groups excluding carboxylic acids is 2. The van der Waals surface area contributed by atoms with Crippen molar-refractivity contribution in [3.8, 4) is 17.2 Å². The summed E-state index contributed by atoms with van der Waals surface area (Å²) in [4.78, 5) is 29.7. The standard InChI is InChI=1S/C33H38N2O5/c1-38-28-14-8-11-26(19-28)22-35(32(36)18-16-25-15-17-30-31(21-25)40-23-39-30)29(20-24-9-4-2-5-10-24)33(37)34-27-12-6-3-7-13-27/h2,4-5,8-11,14-15,17,19,21,27,29H,3,6-7,12-13,16,18,20,22-23H2,1H3,(H,34,37). The quantitative estimate of drug-likeness (QED) is 0.349. The zero-order valence-corrected chi connectivity index (χ0v) is 23.1. The fourth-order valence-corrected chi connectivity index (χ4v) is 5.56. The average molecular weight is 543 g/mol. The summed E-state index contributed by atoms with van der Waals surface area (Å²) >= 11 is 0. The van der Waals surface area contributed by atoms with Gasteiger partial charge in [-0.15, -0.1) is 0 Å². The lowest BCUT2D eigenvalue weighted by molar-refractivity contribution is -0.141. The molecule has 7 heteroatoms. The van der Waals surface area contributed by atoms with E-state index >= 15 is 0 Å². The second-order valence-electron chi connectivity index (χ2n) is 10.6. The molecule has 1 unspecified atom stereocenters. The van der Waals surface area contributed by atoms with E-state index in [0.29, 0.717) is 25.1 Å². The lowest BCUT2D eigenvalue weighted by Crippen LogP contribution is -2.52. The number of nitrogens with one attached hydrogen (secondary N) is 1. The first-order valence-electron chi connectivity index (χ1n) is 14.2. The third-order valence-corrected chi connectivity index (χ3v) is 7.77. The Kier molecular flexibility index (Phi) is 9.22. The summed E-state index contributed by atoms with van der Waals surface area (Å²) in [6.45, 7) is 0.524. The predicted octanol–water partition coefficient (Wildman–Crippen LogP) is 5.45. The van der Waals surface area contributed by atoms with Gasteiger partial charge >= 0.3 is 0 Å². The molecule has 0 spiro atoms. The lowest BCUT2D eigenvalue weighted by atomic mass is 9.94. The van der Waals surface area contributed by atoms with Gasteiger partial charge in [-0.2, -0.15) is 0 Å². The van der Waals surface area contributed by atoms with Crippen molar-refractivity contribution >= 4 is 11.8 Å². The van der Waals surface area contributed by atoms with E-state index in [2.05, 4.69) is 5.32 Å². The molecular formula is C33H38N2O5. The minimum absolute atomic E-state index is 0.0692. The monoisotopic (exact) mass is 542 g/mol. The molecule has 210 valence electrons. The second kappa shape index (κ2) is 13.4. The number of ether oxygens (including phenoxy) is 3. The van der Waals surface area contributed by atoms with E-state index in [0.717, 1.165) is 53.9 Å². The number of aryl methyl sites for hydroxylation is 1. The van der Waals surface area contributed by atoms with Gasteiger partial charge in [0.25, 0.3) is 0 Å². The molecule has 1 saturated carbocycles. The fraction of sp³-hybridized carbons (Fsp3) is 0.394. The van der Waals surface area contributed by atoms with Crippen molar-refractivity contribution in [2.75, 3.05) is 13.9 Å². The summed E-state index contributed by atoms with van der Waals surface area (Å²) in [5.41, 5.74) is 2.93. The SMILES string of the molecule is COc1cccc(CN(C(=O)CCc2ccc3c(c2)OCO3)C(Cc2ccccc2)C(=O)NC2CCCCC2)c1. The van der Waals surface area contributed by atoms with Crippen LogP contribution in [-0.4, -0.2) is 42.7 Å². The van der Waals surface area contributed by atoms with Gasteiger partial charge in [-0.05, 0) is 60.2 Å². The van der Waals surface area contributed by atoms with Crippen LogP contribution in [0.3, 0.4) is 0 Å². The van der Waals surface area contributed by atoms with Crippen LogP contribution in [0, 0.1) is 0 Å². The van der Waals surface area contributed by atoms with Crippen LogP contribution < -0.4 is 19.5 Å². The maximum absolute atomic E-state index is 14.0. The van der Waals surface area contributed by atoms with Gasteiger partial charge in [0.15, 0.2) is 11.5 Å². The van der Waals surface area contributed by atoms with Crippen molar-refractivity contribution < 1.29 is 23.8 Å². The minimum Gasteiger partial charge on any atom is -0.497 e. The van der Waals surface area contributed by atoms with Crippen LogP contribution in [0.25, 0.3) is 0 Å². The van der Waals surface area contributed by atoms with Crippen LogP contribution in [0.4, 0.5) is 0 Å². The van der Waals surface area contributed by atoms with Crippen LogP contribution in [0.5, 0.6) is 17.2 Å². The van der Waals surface area contributed by atoms with Crippen molar-refractivity contribution in [1.82, 2.24) is 10.2 Å². The van der Waals surface area contributed by atoms with Gasteiger partial charge in [-0.1, -0.05) is 67.8 Å². The third kappa shape index (κ3) is 7.14. The molecule has 1 heterocycles. The third-order valence-electron chi connectivity index (χ3n) is 7.77. The Bertz CT molecular complexity index is 1290. The van der Waals surface area contributed by atoms with Crippen LogP contribution in [0.1, 0.15) is 55.2 Å². The summed E-state index contributed by atoms with van der Waals surface area (Å²) in [6, 6.07) is 22.9. The molecule has 0 radical (unpaired) electrons. The number of methoxy groups -OCH3 is 1. The molecule has 1 aliphatic heterocycles. The number of carbonyl (C=O) groups is 2. The van der Waals surface area contributed by atoms with Crippen molar-refractivity contribution in [2.24, 2.45) is 0 Å². The van der Waals surface area contributed by atoms with Crippen LogP contribution >= 0.6 is 0 Å². The van der Waals surface area contributed by atoms with Crippen molar-refractivity contribution in [2.45, 2.75) is 70.0 Å². The Labute approximate surface area is 236 Å². The first-order valence-corrected chi connectivity index (χ1v) is 14.2. The molecule has 1 fully saturated rings. The summed E-state index contributed by atoms with van der Waals surface area (Å²) in [5.74, 6) is 1.98. The van der Waals surface area contributed by atoms with Crippen molar-refractivity contribution in [3.63, 3.8) is 0 Å². The maximum atomic E-state index is 14.0. The molecule has 0 aromatic heterocycles. The van der Waals surface area contributed by atoms with E-state index in [1.165, 1.54) is 6.42 Å². The number of hydrogen-bond acceptors (Lipinski definition) is 5. The minimum atomic E-state index is -0.639. The molecule has 1 atom stereocenters. The van der Waals surface area contributed by atoms with Crippen molar-refractivity contribution in [1.29, 1.82) is 0 Å². The zero-order chi connectivity index (χ0) is 27.7. The van der Waals surface area contributed by atoms with E-state index < -0.39 is 6.04 Å². The number of fused-ring (bicyclic) bond motifs is 1. The molecule has 3 aromatic rings. The number of nitrogens with zero attached hydrogens (tertiary/aromatic N) is 1. The van der Waals surface area contributed by atoms with Crippen LogP contribution in [-0.2, 0) is 29.0 Å². The topological polar surface area (TPSA) is 77.1 Å². The lowest BCUT2D eigenvalue weighted by Gasteiger charge is -2.33. The highest BCUT2D eigenvalue weighted by Crippen LogP contribution is 2.33. The van der Waals surface area contributed by atoms with Gasteiger partial charge in [0.1, 0.15) is 11.8 Å². The van der Waals surface area contributed by atoms with E-state index in [-0.39, 0.29) is 31.1 Å². The largest absolute Gasteiger partial charge is 0.497 e. The molecular weight excluding hydrogens is 504 g/mol. The van der Waals surface area contributed by atoms with Gasteiger partial charge in [0.2, 0.25) is 18.6 Å². The number of rotatable bonds is 11. The number of benzene rings is 3. The summed E-state index contributed by atoms with van der Waals surface area (Å²) < 4.78 is 16.4. The van der Waals surface area contributed by atoms with Gasteiger partial charge in [0, 0.05) is 25.4 Å². The normalized spacial score (nSPS) is 15.3. The van der Waals surface area contributed by atoms with Gasteiger partial charge < -0.3 is 24.4 Å². The van der Waals surface area contributed by atoms with Crippen molar-refractivity contribution in [3.05, 3.63) is 89.5 Å². The molecule has 3 aromatic carbocycles. The molecule has 1 aliphatic carbocycles. The Balaban J connectivity index is 1.41. The highest BCUT2D eigenvalue weighted by atomic mass is 16.7. The maximum Gasteiger partial charge on any atom is 0.243 e. The summed E-state index contributed by atoms with van der Waals surface area (Å²) in [5, 5.41) is 3.30. The second-order valence-corrected chi connectivity index (χ2v) is 10.6. The van der Waals surface area contributed by atoms with E-state index in [4.69, 9.17) is 14.2 Å². The molecule has 7 nitrogen and oxygen atoms in total. The van der Waals surface area contributed by atoms with Gasteiger partial charge in [0.05, 0.1) is 7.11 Å². The molecule has 5 rings (SSSR count). The summed E-state index contributed by atoms with van der Waals surface area (Å²) in [6.07, 6.45) is 6.67. The number of hydrogen-bond donors (Lipinski definition) is 1. The Hall–Kier alpha value is -4.00. The van der Waals surface area contributed by atoms with E-state index in [9.17, 15) is 9.59 Å². The molecule has 2 amide bonds. The Morgan fingerprint density at radius 1 is 0.900 bits per heavy atom. The molecule has 1 N–H and O–H groups in total. The van der Waals surface area contributed by atoms with E-state index in [1.807, 2.05) is 72.8 Å². The highest BCUT2D eigenvalue weighted by Gasteiger charge is 2.32. The molecule has 2 aliphatic rings. The van der Waals surface area contributed by atoms with Gasteiger partial charge in [-0.3, -0.25) is 9.59 Å². The first-order chi connectivity index (χ1) is 19.6. The Morgan fingerprint density at radius 2 is 1.68 bits per heavy atom. The molecule has 0 bridgehead atoms. The van der Waals surface area contributed by atoms with Crippen LogP contribution in [0.2, 0.25) is 0 Å². The molecule has 0 saturated heterocycles. The van der Waals surface area contributed by atoms with Crippen LogP contribution in [0.15, 0.2) is 72.8 Å². The highest BCUT2D eigenvalue weighted by molar-refractivity contribution is 5.88. The van der Waals surface area contributed by atoms with E-state index in [1.54, 1.807) is 12.0 Å².